The summed E-state index contributed by atoms with van der Waals surface area (Å²) in [6, 6.07) is -15.0. The summed E-state index contributed by atoms with van der Waals surface area (Å²) in [5.74, 6) is -12.2. The number of aliphatic hydroxyl groups excluding tert-OH is 1. The molecule has 1 aliphatic heterocycles. The van der Waals surface area contributed by atoms with Gasteiger partial charge in [-0.3, -0.25) is 57.5 Å². The third-order valence-electron chi connectivity index (χ3n) is 17.1. The number of nitrogens with one attached hydrogen (secondary N) is 4. The SMILES string of the molecule is CC=CC[C@@H](C)[C@@H](O)[C@H]1C(=O)N[C@@H](CC)C(=O)N(C)[C@H](CSCC(=O)OC)C(=O)N(C)[C@@H](CC(C)(C)O)C(=O)N[C@@H](C(C)C)C(=O)N(C)[C@@H](CC(C)C)C(=O)N[C@@H](C)C(=O)N[C@H](C)C(=O)N(C)[C@@H](CC(C)C)C(=O)N(C)[C@@H](CC(C)C)C(=O)N(C)[C@@H](C(C)C)C(=O)N1C. The molecule has 0 aromatic rings. The Morgan fingerprint density at radius 2 is 0.968 bits per heavy atom. The van der Waals surface area contributed by atoms with E-state index in [9.17, 15) is 39.0 Å². The fraction of sp³-hybridized carbons (Fsp3) is 0.788. The molecule has 1 aliphatic rings. The number of hydrogen-bond acceptors (Lipinski definition) is 16. The second kappa shape index (κ2) is 38.3. The molecule has 13 atom stereocenters. The number of ether oxygens (including phenoxy) is 1. The van der Waals surface area contributed by atoms with Crippen LogP contribution >= 0.6 is 11.8 Å². The van der Waals surface area contributed by atoms with Crippen molar-refractivity contribution in [3.8, 4) is 0 Å². The molecule has 1 heterocycles. The second-order valence-corrected chi connectivity index (χ2v) is 28.8. The normalized spacial score (nSPS) is 26.5. The molecule has 27 heteroatoms. The van der Waals surface area contributed by atoms with E-state index in [0.717, 1.165) is 26.5 Å². The lowest BCUT2D eigenvalue weighted by molar-refractivity contribution is -0.157. The lowest BCUT2D eigenvalue weighted by Gasteiger charge is -2.41. The molecule has 0 unspecified atom stereocenters. The summed E-state index contributed by atoms with van der Waals surface area (Å²) in [5.41, 5.74) is -1.64. The van der Waals surface area contributed by atoms with E-state index in [1.54, 1.807) is 60.6 Å². The molecule has 26 nitrogen and oxygen atoms in total. The number of methoxy groups -OCH3 is 1. The highest BCUT2D eigenvalue weighted by Crippen LogP contribution is 2.27. The van der Waals surface area contributed by atoms with Crippen LogP contribution in [0.1, 0.15) is 156 Å². The quantitative estimate of drug-likeness (QED) is 0.0800. The van der Waals surface area contributed by atoms with Crippen LogP contribution < -0.4 is 21.3 Å². The number of aliphatic hydroxyl groups is 2. The Morgan fingerprint density at radius 1 is 0.538 bits per heavy atom. The molecular formula is C66H117N11O15S. The minimum atomic E-state index is -1.71. The minimum Gasteiger partial charge on any atom is -0.468 e. The average molecular weight is 1340 g/mol. The van der Waals surface area contributed by atoms with E-state index in [4.69, 9.17) is 4.74 Å². The number of likely N-dealkylation sites (N-methyl/N-ethyl adjacent to an activating group) is 7. The number of carbonyl (C=O) groups is 12. The number of nitrogens with zero attached hydrogens (tertiary/aromatic N) is 7. The number of allylic oxidation sites excluding steroid dienone is 2. The maximum absolute atomic E-state index is 15.3. The van der Waals surface area contributed by atoms with Gasteiger partial charge in [-0.2, -0.15) is 0 Å². The highest BCUT2D eigenvalue weighted by Gasteiger charge is 2.47. The first-order valence-corrected chi connectivity index (χ1v) is 33.8. The third kappa shape index (κ3) is 24.4. The van der Waals surface area contributed by atoms with Crippen LogP contribution in [0.3, 0.4) is 0 Å². The van der Waals surface area contributed by atoms with Crippen LogP contribution in [0.5, 0.6) is 0 Å². The first-order valence-electron chi connectivity index (χ1n) is 32.6. The van der Waals surface area contributed by atoms with Gasteiger partial charge in [0.25, 0.3) is 0 Å². The number of thioether (sulfide) groups is 1. The highest BCUT2D eigenvalue weighted by atomic mass is 32.2. The maximum Gasteiger partial charge on any atom is 0.315 e. The van der Waals surface area contributed by atoms with Gasteiger partial charge in [0.15, 0.2) is 0 Å². The topological polar surface area (TPSA) is 325 Å². The van der Waals surface area contributed by atoms with Crippen molar-refractivity contribution in [2.24, 2.45) is 35.5 Å². The van der Waals surface area contributed by atoms with Crippen molar-refractivity contribution >= 4 is 82.7 Å². The summed E-state index contributed by atoms with van der Waals surface area (Å²) < 4.78 is 4.86. The van der Waals surface area contributed by atoms with Crippen molar-refractivity contribution in [3.05, 3.63) is 12.2 Å². The van der Waals surface area contributed by atoms with Crippen LogP contribution in [0, 0.1) is 35.5 Å². The zero-order chi connectivity index (χ0) is 72.2. The Bertz CT molecular complexity index is 2600. The van der Waals surface area contributed by atoms with Crippen molar-refractivity contribution in [2.75, 3.05) is 67.9 Å². The molecule has 532 valence electrons. The first kappa shape index (κ1) is 84.7. The van der Waals surface area contributed by atoms with Gasteiger partial charge in [-0.15, -0.1) is 11.8 Å². The summed E-state index contributed by atoms with van der Waals surface area (Å²) in [7, 11) is 10.7. The van der Waals surface area contributed by atoms with Crippen molar-refractivity contribution in [1.82, 2.24) is 55.6 Å². The molecule has 1 rings (SSSR count). The van der Waals surface area contributed by atoms with Crippen LogP contribution in [-0.2, 0) is 62.3 Å². The Balaban J connectivity index is 4.58. The van der Waals surface area contributed by atoms with E-state index in [1.165, 1.54) is 104 Å². The van der Waals surface area contributed by atoms with E-state index in [1.807, 2.05) is 41.5 Å². The summed E-state index contributed by atoms with van der Waals surface area (Å²) in [4.78, 5) is 184. The number of carbonyl (C=O) groups excluding carboxylic acids is 12. The van der Waals surface area contributed by atoms with Crippen LogP contribution in [0.15, 0.2) is 12.2 Å². The van der Waals surface area contributed by atoms with Crippen molar-refractivity contribution < 1.29 is 72.5 Å². The Morgan fingerprint density at radius 3 is 1.43 bits per heavy atom. The van der Waals surface area contributed by atoms with Crippen LogP contribution in [0.25, 0.3) is 0 Å². The summed E-state index contributed by atoms with van der Waals surface area (Å²) in [6.07, 6.45) is 2.04. The summed E-state index contributed by atoms with van der Waals surface area (Å²) >= 11 is 0.934. The van der Waals surface area contributed by atoms with Gasteiger partial charge < -0.3 is 70.5 Å². The lowest BCUT2D eigenvalue weighted by atomic mass is 9.91. The van der Waals surface area contributed by atoms with Gasteiger partial charge in [0.1, 0.15) is 66.5 Å². The van der Waals surface area contributed by atoms with E-state index >= 15 is 28.8 Å². The van der Waals surface area contributed by atoms with Gasteiger partial charge >= 0.3 is 5.97 Å². The van der Waals surface area contributed by atoms with Gasteiger partial charge in [-0.1, -0.05) is 95.2 Å². The van der Waals surface area contributed by atoms with Gasteiger partial charge in [0.2, 0.25) is 65.0 Å². The largest absolute Gasteiger partial charge is 0.468 e. The van der Waals surface area contributed by atoms with Gasteiger partial charge in [0.05, 0.1) is 24.6 Å². The smallest absolute Gasteiger partial charge is 0.315 e. The predicted octanol–water partition coefficient (Wildman–Crippen LogP) is 2.66. The van der Waals surface area contributed by atoms with E-state index in [-0.39, 0.29) is 61.4 Å². The molecular weight excluding hydrogens is 1220 g/mol. The molecule has 0 bridgehead atoms. The van der Waals surface area contributed by atoms with Crippen LogP contribution in [0.4, 0.5) is 0 Å². The van der Waals surface area contributed by atoms with Crippen LogP contribution in [0.2, 0.25) is 0 Å². The average Bonchev–Trinajstić information content (AvgIpc) is 0.826. The molecule has 1 saturated heterocycles. The van der Waals surface area contributed by atoms with E-state index in [0.29, 0.717) is 0 Å². The van der Waals surface area contributed by atoms with Crippen LogP contribution in [-0.4, -0.2) is 262 Å². The Labute approximate surface area is 558 Å². The lowest BCUT2D eigenvalue weighted by Crippen LogP contribution is -2.64. The van der Waals surface area contributed by atoms with Crippen molar-refractivity contribution in [3.63, 3.8) is 0 Å². The van der Waals surface area contributed by atoms with E-state index < -0.39 is 173 Å². The summed E-state index contributed by atoms with van der Waals surface area (Å²) in [6.45, 7) is 28.5. The molecule has 93 heavy (non-hydrogen) atoms. The maximum atomic E-state index is 15.3. The van der Waals surface area contributed by atoms with Gasteiger partial charge in [-0.05, 0) is 102 Å². The predicted molar refractivity (Wildman–Crippen MR) is 358 cm³/mol. The fourth-order valence-electron chi connectivity index (χ4n) is 11.3. The highest BCUT2D eigenvalue weighted by molar-refractivity contribution is 8.00. The number of esters is 1. The van der Waals surface area contributed by atoms with Crippen molar-refractivity contribution in [2.45, 2.75) is 234 Å². The zero-order valence-electron chi connectivity index (χ0n) is 60.4. The molecule has 0 aromatic heterocycles. The number of amides is 11. The third-order valence-corrected chi connectivity index (χ3v) is 18.1. The molecule has 11 amide bonds. The Hall–Kier alpha value is -6.35. The molecule has 0 saturated carbocycles. The molecule has 0 radical (unpaired) electrons. The standard InChI is InChI=1S/C66H117N11O15S/c1-26-28-29-41(13)54(79)53-58(83)69-44(27-2)60(85)75(22)49(34-93-35-50(78)92-25)63(88)74(21)48(33-66(16,17)91)57(82)70-51(39(9)10)64(89)71(18)45(30-36(3)4)56(81)67-42(14)55(80)68-43(15)59(84)72(19)46(31-37(5)6)61(86)73(20)47(32-38(7)8)62(87)76(23)52(40(11)12)65(90)77(53)24/h26,28,36-49,51-54,79,91H,27,29-35H2,1-25H3,(H,67,81)(H,68,80)(H,69,83)(H,70,82)/t41-,42+,43-,44+,45+,46+,47+,48+,49-,51+,52+,53+,54-/m1/s1. The number of hydrogen-bond donors (Lipinski definition) is 6. The second-order valence-electron chi connectivity index (χ2n) is 27.8. The Kier molecular flexibility index (Phi) is 34.8. The van der Waals surface area contributed by atoms with Gasteiger partial charge in [-0.25, -0.2) is 0 Å². The molecule has 0 aromatic carbocycles. The van der Waals surface area contributed by atoms with Gasteiger partial charge in [0, 0.05) is 61.5 Å². The molecule has 0 aliphatic carbocycles. The molecule has 1 fully saturated rings. The monoisotopic (exact) mass is 1340 g/mol. The summed E-state index contributed by atoms with van der Waals surface area (Å²) in [5, 5.41) is 34.4. The molecule has 0 spiro atoms. The van der Waals surface area contributed by atoms with Crippen molar-refractivity contribution in [1.29, 1.82) is 0 Å². The first-order chi connectivity index (χ1) is 42.9. The number of rotatable bonds is 19. The minimum absolute atomic E-state index is 0.0926. The zero-order valence-corrected chi connectivity index (χ0v) is 61.3. The fourth-order valence-corrected chi connectivity index (χ4v) is 12.3. The van der Waals surface area contributed by atoms with E-state index in [2.05, 4.69) is 21.3 Å². The molecule has 6 N–H and O–H groups in total.